The summed E-state index contributed by atoms with van der Waals surface area (Å²) < 4.78 is 60.2. The lowest BCUT2D eigenvalue weighted by molar-refractivity contribution is 0.409. The molecule has 0 fully saturated rings. The predicted octanol–water partition coefficient (Wildman–Crippen LogP) is 4.74. The van der Waals surface area contributed by atoms with Crippen molar-refractivity contribution in [3.05, 3.63) is 90.0 Å². The van der Waals surface area contributed by atoms with Crippen LogP contribution in [0, 0.1) is 18.6 Å². The minimum atomic E-state index is -3.48. The quantitative estimate of drug-likeness (QED) is 0.239. The molecule has 0 saturated carbocycles. The number of aryl methyl sites for hydroxylation is 1. The Morgan fingerprint density at radius 2 is 1.77 bits per heavy atom. The summed E-state index contributed by atoms with van der Waals surface area (Å²) in [6.45, 7) is 1.99. The van der Waals surface area contributed by atoms with Gasteiger partial charge in [-0.15, -0.1) is 0 Å². The molecule has 3 heterocycles. The molecule has 0 bridgehead atoms. The van der Waals surface area contributed by atoms with Crippen LogP contribution in [-0.4, -0.2) is 40.7 Å². The second-order valence-electron chi connectivity index (χ2n) is 8.78. The summed E-state index contributed by atoms with van der Waals surface area (Å²) in [4.78, 5) is 16.0. The Morgan fingerprint density at radius 3 is 2.49 bits per heavy atom. The lowest BCUT2D eigenvalue weighted by Crippen LogP contribution is -2.16. The van der Waals surface area contributed by atoms with Crippen molar-refractivity contribution in [1.29, 1.82) is 0 Å². The van der Waals surface area contributed by atoms with Gasteiger partial charge in [0, 0.05) is 37.1 Å². The fraction of sp³-hybridized carbons (Fsp3) is 0.148. The first-order chi connectivity index (χ1) is 18.7. The highest BCUT2D eigenvalue weighted by Crippen LogP contribution is 2.37. The van der Waals surface area contributed by atoms with Crippen molar-refractivity contribution in [3.8, 4) is 22.8 Å². The van der Waals surface area contributed by atoms with Crippen LogP contribution in [0.2, 0.25) is 0 Å². The second-order valence-corrected chi connectivity index (χ2v) is 10.9. The zero-order chi connectivity index (χ0) is 27.6. The number of ether oxygens (including phenoxy) is 1. The maximum atomic E-state index is 14.6. The van der Waals surface area contributed by atoms with E-state index < -0.39 is 27.2 Å². The number of halogens is 2. The monoisotopic (exact) mass is 550 g/mol. The summed E-state index contributed by atoms with van der Waals surface area (Å²) in [5.74, 6) is -1.91. The summed E-state index contributed by atoms with van der Waals surface area (Å²) in [6, 6.07) is 12.0. The summed E-state index contributed by atoms with van der Waals surface area (Å²) in [6.07, 6.45) is 4.42. The Balaban J connectivity index is 1.39. The zero-order valence-electron chi connectivity index (χ0n) is 20.8. The highest BCUT2D eigenvalue weighted by Gasteiger charge is 2.19. The number of aromatic nitrogens is 4. The van der Waals surface area contributed by atoms with E-state index in [4.69, 9.17) is 10.5 Å². The van der Waals surface area contributed by atoms with Gasteiger partial charge in [0.25, 0.3) is 0 Å². The molecule has 0 aliphatic heterocycles. The van der Waals surface area contributed by atoms with Gasteiger partial charge in [-0.2, -0.15) is 0 Å². The fourth-order valence-electron chi connectivity index (χ4n) is 4.03. The highest BCUT2D eigenvalue weighted by atomic mass is 32.2. The standard InChI is InChI=1S/C27H24F2N6O3S/c1-16-2-4-18(5-3-16)39(36,37)9-8-31-24-12-22(34-15-35-24)19-14-33-27-25(19)23(6-7-32-27)38-26-20(28)10-17(13-30)11-21(26)29/h2-7,10-12,14-15H,8-9,13,30H2,1H3,(H,32,33)(H,31,34,35). The molecule has 12 heteroatoms. The molecule has 0 aliphatic rings. The first-order valence-corrected chi connectivity index (χ1v) is 13.6. The number of hydrogen-bond acceptors (Lipinski definition) is 8. The SMILES string of the molecule is Cc1ccc(S(=O)(=O)CCNc2cc(-c3c[nH]c4nccc(Oc5c(F)cc(CN)cc5F)c34)ncn2)cc1. The van der Waals surface area contributed by atoms with Crippen LogP contribution in [0.25, 0.3) is 22.3 Å². The van der Waals surface area contributed by atoms with Crippen LogP contribution in [0.4, 0.5) is 14.6 Å². The number of H-pyrrole nitrogens is 1. The number of anilines is 1. The van der Waals surface area contributed by atoms with E-state index in [-0.39, 0.29) is 29.5 Å². The molecule has 3 aromatic heterocycles. The molecule has 0 aliphatic carbocycles. The van der Waals surface area contributed by atoms with Crippen LogP contribution in [0.15, 0.2) is 72.1 Å². The summed E-state index contributed by atoms with van der Waals surface area (Å²) in [5.41, 5.74) is 8.19. The third-order valence-corrected chi connectivity index (χ3v) is 7.77. The van der Waals surface area contributed by atoms with Crippen molar-refractivity contribution in [2.75, 3.05) is 17.6 Å². The Labute approximate surface area is 223 Å². The largest absolute Gasteiger partial charge is 0.450 e. The summed E-state index contributed by atoms with van der Waals surface area (Å²) in [7, 11) is -3.48. The Hall–Kier alpha value is -4.42. The van der Waals surface area contributed by atoms with Gasteiger partial charge in [-0.3, -0.25) is 0 Å². The molecule has 5 rings (SSSR count). The van der Waals surface area contributed by atoms with Gasteiger partial charge in [-0.1, -0.05) is 17.7 Å². The van der Waals surface area contributed by atoms with Gasteiger partial charge in [-0.25, -0.2) is 32.2 Å². The lowest BCUT2D eigenvalue weighted by Gasteiger charge is -2.11. The molecular formula is C27H24F2N6O3S. The molecule has 0 spiro atoms. The van der Waals surface area contributed by atoms with E-state index in [2.05, 4.69) is 25.3 Å². The first kappa shape index (κ1) is 26.2. The van der Waals surface area contributed by atoms with Gasteiger partial charge < -0.3 is 20.8 Å². The summed E-state index contributed by atoms with van der Waals surface area (Å²) >= 11 is 0. The Morgan fingerprint density at radius 1 is 1.03 bits per heavy atom. The summed E-state index contributed by atoms with van der Waals surface area (Å²) in [5, 5.41) is 3.47. The fourth-order valence-corrected chi connectivity index (χ4v) is 5.19. The smallest absolute Gasteiger partial charge is 0.198 e. The van der Waals surface area contributed by atoms with Gasteiger partial charge in [0.15, 0.2) is 27.2 Å². The molecule has 0 unspecified atom stereocenters. The Kier molecular flexibility index (Phi) is 7.22. The average molecular weight is 551 g/mol. The van der Waals surface area contributed by atoms with Crippen molar-refractivity contribution in [2.45, 2.75) is 18.4 Å². The number of benzene rings is 2. The minimum absolute atomic E-state index is 0.0163. The Bertz CT molecular complexity index is 1730. The van der Waals surface area contributed by atoms with Gasteiger partial charge in [-0.05, 0) is 42.8 Å². The van der Waals surface area contributed by atoms with E-state index in [9.17, 15) is 17.2 Å². The number of nitrogens with one attached hydrogen (secondary N) is 2. The maximum Gasteiger partial charge on any atom is 0.198 e. The number of sulfone groups is 1. The van der Waals surface area contributed by atoms with E-state index in [1.807, 2.05) is 6.92 Å². The molecule has 4 N–H and O–H groups in total. The van der Waals surface area contributed by atoms with Crippen LogP contribution in [0.1, 0.15) is 11.1 Å². The van der Waals surface area contributed by atoms with E-state index in [1.54, 1.807) is 36.5 Å². The molecule has 0 atom stereocenters. The van der Waals surface area contributed by atoms with Crippen LogP contribution in [-0.2, 0) is 16.4 Å². The molecule has 5 aromatic rings. The van der Waals surface area contributed by atoms with Gasteiger partial charge in [0.1, 0.15) is 23.5 Å². The van der Waals surface area contributed by atoms with Crippen molar-refractivity contribution in [3.63, 3.8) is 0 Å². The molecule has 39 heavy (non-hydrogen) atoms. The number of aromatic amines is 1. The third kappa shape index (κ3) is 5.56. The zero-order valence-corrected chi connectivity index (χ0v) is 21.6. The molecule has 0 saturated heterocycles. The molecule has 2 aromatic carbocycles. The van der Waals surface area contributed by atoms with E-state index in [0.717, 1.165) is 17.7 Å². The van der Waals surface area contributed by atoms with Crippen molar-refractivity contribution in [1.82, 2.24) is 19.9 Å². The van der Waals surface area contributed by atoms with Gasteiger partial charge in [0.2, 0.25) is 0 Å². The normalized spacial score (nSPS) is 11.6. The molecule has 9 nitrogen and oxygen atoms in total. The number of rotatable bonds is 9. The van der Waals surface area contributed by atoms with Crippen molar-refractivity contribution < 1.29 is 21.9 Å². The molecular weight excluding hydrogens is 526 g/mol. The minimum Gasteiger partial charge on any atom is -0.450 e. The van der Waals surface area contributed by atoms with Crippen LogP contribution in [0.3, 0.4) is 0 Å². The number of nitrogens with two attached hydrogens (primary N) is 1. The van der Waals surface area contributed by atoms with Crippen LogP contribution < -0.4 is 15.8 Å². The van der Waals surface area contributed by atoms with Crippen LogP contribution in [0.5, 0.6) is 11.5 Å². The number of hydrogen-bond donors (Lipinski definition) is 3. The second kappa shape index (κ2) is 10.8. The molecule has 0 radical (unpaired) electrons. The third-order valence-electron chi connectivity index (χ3n) is 6.04. The lowest BCUT2D eigenvalue weighted by atomic mass is 10.1. The first-order valence-electron chi connectivity index (χ1n) is 11.9. The van der Waals surface area contributed by atoms with Crippen molar-refractivity contribution >= 4 is 26.7 Å². The predicted molar refractivity (Wildman–Crippen MR) is 143 cm³/mol. The van der Waals surface area contributed by atoms with E-state index in [0.29, 0.717) is 33.7 Å². The molecule has 0 amide bonds. The topological polar surface area (TPSA) is 136 Å². The highest BCUT2D eigenvalue weighted by molar-refractivity contribution is 7.91. The van der Waals surface area contributed by atoms with E-state index in [1.165, 1.54) is 18.6 Å². The molecule has 200 valence electrons. The van der Waals surface area contributed by atoms with Gasteiger partial charge >= 0.3 is 0 Å². The maximum absolute atomic E-state index is 14.6. The number of nitrogens with zero attached hydrogens (tertiary/aromatic N) is 3. The van der Waals surface area contributed by atoms with Crippen LogP contribution >= 0.6 is 0 Å². The average Bonchev–Trinajstić information content (AvgIpc) is 3.36. The van der Waals surface area contributed by atoms with Crippen molar-refractivity contribution in [2.24, 2.45) is 5.73 Å². The number of fused-ring (bicyclic) bond motifs is 1. The van der Waals surface area contributed by atoms with E-state index >= 15 is 0 Å². The number of pyridine rings is 1. The van der Waals surface area contributed by atoms with Gasteiger partial charge in [0.05, 0.1) is 21.7 Å².